The van der Waals surface area contributed by atoms with E-state index in [2.05, 4.69) is 8.83 Å². The van der Waals surface area contributed by atoms with Gasteiger partial charge in [-0.25, -0.2) is 0 Å². The fraction of sp³-hybridized carbons (Fsp3) is 0.290. The van der Waals surface area contributed by atoms with Gasteiger partial charge in [-0.15, -0.1) is 0 Å². The van der Waals surface area contributed by atoms with E-state index < -0.39 is 17.8 Å². The summed E-state index contributed by atoms with van der Waals surface area (Å²) in [5.74, 6) is 3.01. The first-order valence-electron chi connectivity index (χ1n) is 12.6. The van der Waals surface area contributed by atoms with Gasteiger partial charge in [0, 0.05) is 19.3 Å². The van der Waals surface area contributed by atoms with Crippen LogP contribution < -0.4 is 0 Å². The SMILES string of the molecule is Cc1ccc(CC(O)C2(C)CC=CO2)o1.Cc1coc(CC(O)c2ccco2)c1.c1ccoc1.c1ccoc1. The summed E-state index contributed by atoms with van der Waals surface area (Å²) in [6, 6.07) is 16.5. The van der Waals surface area contributed by atoms with Crippen molar-refractivity contribution in [3.05, 3.63) is 133 Å². The van der Waals surface area contributed by atoms with Crippen molar-refractivity contribution in [3.8, 4) is 0 Å². The number of furan rings is 5. The molecule has 6 rings (SSSR count). The average molecular weight is 537 g/mol. The topological polar surface area (TPSA) is 115 Å². The van der Waals surface area contributed by atoms with Crippen molar-refractivity contribution in [1.82, 2.24) is 0 Å². The Labute approximate surface area is 228 Å². The van der Waals surface area contributed by atoms with Gasteiger partial charge < -0.3 is 37.0 Å². The Morgan fingerprint density at radius 1 is 0.821 bits per heavy atom. The highest BCUT2D eigenvalue weighted by molar-refractivity contribution is 5.13. The second-order valence-corrected chi connectivity index (χ2v) is 9.15. The zero-order valence-electron chi connectivity index (χ0n) is 22.4. The van der Waals surface area contributed by atoms with Crippen LogP contribution in [0, 0.1) is 13.8 Å². The Hall–Kier alpha value is -4.14. The highest BCUT2D eigenvalue weighted by Gasteiger charge is 2.36. The van der Waals surface area contributed by atoms with Crippen molar-refractivity contribution >= 4 is 0 Å². The normalized spacial score (nSPS) is 16.9. The maximum absolute atomic E-state index is 10.0. The summed E-state index contributed by atoms with van der Waals surface area (Å²) in [7, 11) is 0. The lowest BCUT2D eigenvalue weighted by atomic mass is 9.93. The number of hydrogen-bond acceptors (Lipinski definition) is 8. The number of aryl methyl sites for hydroxylation is 2. The summed E-state index contributed by atoms with van der Waals surface area (Å²) < 4.78 is 30.3. The lowest BCUT2D eigenvalue weighted by Crippen LogP contribution is -2.39. The second-order valence-electron chi connectivity index (χ2n) is 9.15. The number of ether oxygens (including phenoxy) is 1. The number of aliphatic hydroxyl groups excluding tert-OH is 2. The van der Waals surface area contributed by atoms with Crippen molar-refractivity contribution in [2.24, 2.45) is 0 Å². The van der Waals surface area contributed by atoms with Crippen LogP contribution in [0.15, 0.2) is 127 Å². The maximum atomic E-state index is 10.0. The molecule has 3 atom stereocenters. The van der Waals surface area contributed by atoms with Crippen LogP contribution in [0.5, 0.6) is 0 Å². The van der Waals surface area contributed by atoms with Crippen LogP contribution in [0.4, 0.5) is 0 Å². The molecule has 5 aromatic rings. The number of hydrogen-bond donors (Lipinski definition) is 2. The molecule has 8 heteroatoms. The van der Waals surface area contributed by atoms with Gasteiger partial charge in [0.15, 0.2) is 0 Å². The summed E-state index contributed by atoms with van der Waals surface area (Å²) in [5, 5.41) is 19.8. The molecular weight excluding hydrogens is 500 g/mol. The van der Waals surface area contributed by atoms with Crippen molar-refractivity contribution in [3.63, 3.8) is 0 Å². The van der Waals surface area contributed by atoms with Crippen LogP contribution in [0.25, 0.3) is 0 Å². The van der Waals surface area contributed by atoms with E-state index in [-0.39, 0.29) is 0 Å². The van der Waals surface area contributed by atoms with Gasteiger partial charge in [0.05, 0.1) is 43.8 Å². The Bertz CT molecular complexity index is 1210. The molecule has 2 N–H and O–H groups in total. The smallest absolute Gasteiger partial charge is 0.135 e. The van der Waals surface area contributed by atoms with E-state index >= 15 is 0 Å². The van der Waals surface area contributed by atoms with Gasteiger partial charge >= 0.3 is 0 Å². The fourth-order valence-corrected chi connectivity index (χ4v) is 3.57. The molecule has 208 valence electrons. The summed E-state index contributed by atoms with van der Waals surface area (Å²) in [5.41, 5.74) is 0.562. The lowest BCUT2D eigenvalue weighted by molar-refractivity contribution is -0.0564. The van der Waals surface area contributed by atoms with Crippen molar-refractivity contribution in [1.29, 1.82) is 0 Å². The van der Waals surface area contributed by atoms with Gasteiger partial charge in [-0.2, -0.15) is 0 Å². The minimum atomic E-state index is -0.629. The van der Waals surface area contributed by atoms with E-state index in [4.69, 9.17) is 18.0 Å². The molecule has 39 heavy (non-hydrogen) atoms. The van der Waals surface area contributed by atoms with Crippen LogP contribution in [0.2, 0.25) is 0 Å². The molecule has 5 aromatic heterocycles. The zero-order chi connectivity index (χ0) is 27.9. The molecule has 6 heterocycles. The molecule has 8 nitrogen and oxygen atoms in total. The lowest BCUT2D eigenvalue weighted by Gasteiger charge is -2.28. The van der Waals surface area contributed by atoms with E-state index in [1.54, 1.807) is 56.0 Å². The van der Waals surface area contributed by atoms with Crippen molar-refractivity contribution in [2.75, 3.05) is 0 Å². The molecular formula is C31H36O8. The molecule has 0 radical (unpaired) electrons. The van der Waals surface area contributed by atoms with Gasteiger partial charge in [-0.05, 0) is 87.0 Å². The first kappa shape index (κ1) is 29.4. The third-order valence-electron chi connectivity index (χ3n) is 5.75. The first-order chi connectivity index (χ1) is 18.9. The molecule has 0 fully saturated rings. The van der Waals surface area contributed by atoms with E-state index in [9.17, 15) is 10.2 Å². The van der Waals surface area contributed by atoms with Gasteiger partial charge in [0.25, 0.3) is 0 Å². The molecule has 0 spiro atoms. The predicted molar refractivity (Wildman–Crippen MR) is 145 cm³/mol. The molecule has 0 bridgehead atoms. The molecule has 1 aliphatic heterocycles. The molecule has 1 aliphatic rings. The Balaban J connectivity index is 0.000000160. The largest absolute Gasteiger partial charge is 0.492 e. The Kier molecular flexibility index (Phi) is 11.6. The zero-order valence-corrected chi connectivity index (χ0v) is 22.4. The third kappa shape index (κ3) is 10.3. The summed E-state index contributed by atoms with van der Waals surface area (Å²) >= 11 is 0. The Morgan fingerprint density at radius 2 is 1.51 bits per heavy atom. The number of aliphatic hydroxyl groups is 2. The van der Waals surface area contributed by atoms with Crippen LogP contribution >= 0.6 is 0 Å². The van der Waals surface area contributed by atoms with Crippen LogP contribution in [0.3, 0.4) is 0 Å². The molecule has 3 unspecified atom stereocenters. The van der Waals surface area contributed by atoms with Gasteiger partial charge in [-0.1, -0.05) is 0 Å². The van der Waals surface area contributed by atoms with E-state index in [1.807, 2.05) is 69.3 Å². The van der Waals surface area contributed by atoms with E-state index in [0.29, 0.717) is 18.6 Å². The van der Waals surface area contributed by atoms with Crippen LogP contribution in [-0.2, 0) is 17.6 Å². The molecule has 0 saturated heterocycles. The summed E-state index contributed by atoms with van der Waals surface area (Å²) in [4.78, 5) is 0. The third-order valence-corrected chi connectivity index (χ3v) is 5.75. The minimum Gasteiger partial charge on any atom is -0.492 e. The first-order valence-corrected chi connectivity index (χ1v) is 12.6. The molecule has 0 saturated carbocycles. The van der Waals surface area contributed by atoms with Gasteiger partial charge in [-0.3, -0.25) is 0 Å². The van der Waals surface area contributed by atoms with Gasteiger partial charge in [0.1, 0.15) is 40.8 Å². The maximum Gasteiger partial charge on any atom is 0.135 e. The van der Waals surface area contributed by atoms with Gasteiger partial charge in [0.2, 0.25) is 0 Å². The van der Waals surface area contributed by atoms with Crippen LogP contribution in [0.1, 0.15) is 48.1 Å². The van der Waals surface area contributed by atoms with E-state index in [1.165, 1.54) is 0 Å². The molecule has 0 aliphatic carbocycles. The Morgan fingerprint density at radius 3 is 1.95 bits per heavy atom. The van der Waals surface area contributed by atoms with Crippen molar-refractivity contribution < 1.29 is 37.0 Å². The summed E-state index contributed by atoms with van der Waals surface area (Å²) in [6.45, 7) is 5.75. The van der Waals surface area contributed by atoms with E-state index in [0.717, 1.165) is 29.3 Å². The average Bonchev–Trinajstić information content (AvgIpc) is 3.75. The second kappa shape index (κ2) is 15.3. The minimum absolute atomic E-state index is 0.446. The van der Waals surface area contributed by atoms with Crippen molar-refractivity contribution in [2.45, 2.75) is 57.8 Å². The quantitative estimate of drug-likeness (QED) is 0.234. The highest BCUT2D eigenvalue weighted by atomic mass is 16.5. The fourth-order valence-electron chi connectivity index (χ4n) is 3.57. The monoisotopic (exact) mass is 536 g/mol. The standard InChI is InChI=1S/C12H16O3.C11H12O3.2C4H4O/c1-9-4-5-10(15-9)8-11(13)12(2)6-3-7-14-12;1-8-5-9(14-7-8)6-10(12)11-3-2-4-13-11;2*1-2-4-5-3-1/h3-5,7,11,13H,6,8H2,1-2H3;2-5,7,10,12H,6H2,1H3;2*1-4H. The number of rotatable bonds is 6. The van der Waals surface area contributed by atoms with Crippen LogP contribution in [-0.4, -0.2) is 21.9 Å². The summed E-state index contributed by atoms with van der Waals surface area (Å²) in [6.07, 6.45) is 13.8. The molecule has 0 amide bonds. The molecule has 0 aromatic carbocycles. The predicted octanol–water partition coefficient (Wildman–Crippen LogP) is 7.20. The highest BCUT2D eigenvalue weighted by Crippen LogP contribution is 2.28.